The molecule has 2 aliphatic carbocycles. The van der Waals surface area contributed by atoms with Crippen molar-refractivity contribution in [3.05, 3.63) is 0 Å². The smallest absolute Gasteiger partial charge is 0.282 e. The van der Waals surface area contributed by atoms with Gasteiger partial charge in [-0.2, -0.15) is 8.42 Å². The Morgan fingerprint density at radius 1 is 1.35 bits per heavy atom. The highest BCUT2D eigenvalue weighted by atomic mass is 32.2. The molecule has 1 unspecified atom stereocenters. The van der Waals surface area contributed by atoms with Crippen molar-refractivity contribution >= 4 is 15.9 Å². The molecule has 0 aromatic heterocycles. The van der Waals surface area contributed by atoms with Crippen LogP contribution in [0.4, 0.5) is 0 Å². The molecule has 2 saturated carbocycles. The topological polar surface area (TPSA) is 74.7 Å². The zero-order chi connectivity index (χ0) is 14.9. The third-order valence-electron chi connectivity index (χ3n) is 6.36. The standard InChI is InChI=1S/C14H23NO4S/c1-9-5-7-15(9)12(20(17,18)19)14-6-4-10(8-11(14)16)13(14,2)3/h9-10,12H,4-8H2,1-3H3,(H,17,18,19)/t9-,10-,12?,14+/m0/s1. The van der Waals surface area contributed by atoms with Crippen LogP contribution < -0.4 is 0 Å². The highest BCUT2D eigenvalue weighted by Gasteiger charge is 2.71. The van der Waals surface area contributed by atoms with Gasteiger partial charge in [-0.15, -0.1) is 0 Å². The maximum atomic E-state index is 12.6. The van der Waals surface area contributed by atoms with E-state index in [9.17, 15) is 17.8 Å². The van der Waals surface area contributed by atoms with Gasteiger partial charge in [-0.25, -0.2) is 0 Å². The van der Waals surface area contributed by atoms with Gasteiger partial charge in [0, 0.05) is 19.0 Å². The van der Waals surface area contributed by atoms with Crippen LogP contribution in [0.5, 0.6) is 0 Å². The number of rotatable bonds is 3. The Bertz CT molecular complexity index is 556. The van der Waals surface area contributed by atoms with Crippen molar-refractivity contribution in [2.45, 2.75) is 57.9 Å². The molecule has 1 saturated heterocycles. The molecule has 114 valence electrons. The summed E-state index contributed by atoms with van der Waals surface area (Å²) in [5, 5.41) is -1.06. The van der Waals surface area contributed by atoms with Crippen molar-refractivity contribution in [2.75, 3.05) is 6.54 Å². The molecule has 5 nitrogen and oxygen atoms in total. The number of Topliss-reactive ketones (excluding diaryl/α,β-unsaturated/α-hetero) is 1. The maximum Gasteiger partial charge on any atom is 0.282 e. The summed E-state index contributed by atoms with van der Waals surface area (Å²) in [6.07, 6.45) is 2.84. The second-order valence-electron chi connectivity index (χ2n) is 7.30. The number of carbonyl (C=O) groups is 1. The van der Waals surface area contributed by atoms with Crippen LogP contribution in [0.2, 0.25) is 0 Å². The molecule has 3 fully saturated rings. The largest absolute Gasteiger partial charge is 0.299 e. The zero-order valence-corrected chi connectivity index (χ0v) is 13.1. The number of hydrogen-bond donors (Lipinski definition) is 1. The molecule has 20 heavy (non-hydrogen) atoms. The van der Waals surface area contributed by atoms with Crippen molar-refractivity contribution in [1.82, 2.24) is 4.90 Å². The van der Waals surface area contributed by atoms with Crippen molar-refractivity contribution < 1.29 is 17.8 Å². The number of fused-ring (bicyclic) bond motifs is 2. The van der Waals surface area contributed by atoms with E-state index in [2.05, 4.69) is 0 Å². The minimum absolute atomic E-state index is 0.0282. The number of nitrogens with zero attached hydrogens (tertiary/aromatic N) is 1. The number of hydrogen-bond acceptors (Lipinski definition) is 4. The summed E-state index contributed by atoms with van der Waals surface area (Å²) >= 11 is 0. The normalized spacial score (nSPS) is 41.7. The van der Waals surface area contributed by atoms with Crippen LogP contribution in [0.25, 0.3) is 0 Å². The van der Waals surface area contributed by atoms with Gasteiger partial charge in [-0.1, -0.05) is 13.8 Å². The molecule has 6 heteroatoms. The van der Waals surface area contributed by atoms with Gasteiger partial charge in [0.05, 0.1) is 5.41 Å². The van der Waals surface area contributed by atoms with Crippen molar-refractivity contribution in [3.8, 4) is 0 Å². The third kappa shape index (κ3) is 1.56. The number of carbonyl (C=O) groups excluding carboxylic acids is 1. The molecule has 0 aromatic rings. The SMILES string of the molecule is C[C@H]1CCN1C([C@@]12CC[C@@H](CC1=O)C2(C)C)S(=O)(=O)O. The van der Waals surface area contributed by atoms with E-state index >= 15 is 0 Å². The first-order valence-electron chi connectivity index (χ1n) is 7.37. The Morgan fingerprint density at radius 3 is 2.30 bits per heavy atom. The summed E-state index contributed by atoms with van der Waals surface area (Å²) in [4.78, 5) is 14.4. The average molecular weight is 301 g/mol. The van der Waals surface area contributed by atoms with Gasteiger partial charge in [0.15, 0.2) is 5.37 Å². The second kappa shape index (κ2) is 4.05. The van der Waals surface area contributed by atoms with E-state index in [1.165, 1.54) is 0 Å². The van der Waals surface area contributed by atoms with Gasteiger partial charge in [0.2, 0.25) is 0 Å². The lowest BCUT2D eigenvalue weighted by Gasteiger charge is -2.51. The van der Waals surface area contributed by atoms with Crippen LogP contribution in [0.3, 0.4) is 0 Å². The van der Waals surface area contributed by atoms with Gasteiger partial charge in [-0.05, 0) is 37.5 Å². The third-order valence-corrected chi connectivity index (χ3v) is 7.60. The van der Waals surface area contributed by atoms with Gasteiger partial charge < -0.3 is 0 Å². The van der Waals surface area contributed by atoms with Crippen LogP contribution in [0, 0.1) is 16.7 Å². The Morgan fingerprint density at radius 2 is 2.00 bits per heavy atom. The molecule has 0 amide bonds. The van der Waals surface area contributed by atoms with E-state index in [0.29, 0.717) is 19.4 Å². The van der Waals surface area contributed by atoms with Crippen LogP contribution in [0.15, 0.2) is 0 Å². The molecule has 4 atom stereocenters. The molecular weight excluding hydrogens is 278 g/mol. The molecule has 0 spiro atoms. The quantitative estimate of drug-likeness (QED) is 0.803. The predicted octanol–water partition coefficient (Wildman–Crippen LogP) is 1.69. The Labute approximate surface area is 120 Å². The van der Waals surface area contributed by atoms with E-state index in [1.807, 2.05) is 25.7 Å². The minimum Gasteiger partial charge on any atom is -0.299 e. The van der Waals surface area contributed by atoms with Crippen molar-refractivity contribution in [1.29, 1.82) is 0 Å². The van der Waals surface area contributed by atoms with Crippen molar-refractivity contribution in [3.63, 3.8) is 0 Å². The fraction of sp³-hybridized carbons (Fsp3) is 0.929. The lowest BCUT2D eigenvalue weighted by atomic mass is 9.67. The lowest BCUT2D eigenvalue weighted by Crippen LogP contribution is -2.64. The fourth-order valence-electron chi connectivity index (χ4n) is 4.88. The maximum absolute atomic E-state index is 12.6. The second-order valence-corrected chi connectivity index (χ2v) is 8.78. The first-order chi connectivity index (χ1) is 9.12. The highest BCUT2D eigenvalue weighted by Crippen LogP contribution is 2.67. The summed E-state index contributed by atoms with van der Waals surface area (Å²) in [5.41, 5.74) is -1.29. The van der Waals surface area contributed by atoms with E-state index in [1.54, 1.807) is 0 Å². The summed E-state index contributed by atoms with van der Waals surface area (Å²) < 4.78 is 34.0. The van der Waals surface area contributed by atoms with Crippen LogP contribution in [0.1, 0.15) is 46.5 Å². The molecule has 2 bridgehead atoms. The fourth-order valence-corrected chi connectivity index (χ4v) is 6.60. The Balaban J connectivity index is 2.13. The van der Waals surface area contributed by atoms with Crippen LogP contribution in [-0.2, 0) is 14.9 Å². The van der Waals surface area contributed by atoms with E-state index in [0.717, 1.165) is 12.8 Å². The summed E-state index contributed by atoms with van der Waals surface area (Å²) in [7, 11) is -4.28. The highest BCUT2D eigenvalue weighted by molar-refractivity contribution is 7.86. The first kappa shape index (κ1) is 14.5. The van der Waals surface area contributed by atoms with Gasteiger partial charge >= 0.3 is 0 Å². The number of ketones is 1. The van der Waals surface area contributed by atoms with Gasteiger partial charge in [0.1, 0.15) is 5.78 Å². The molecule has 1 heterocycles. The van der Waals surface area contributed by atoms with Gasteiger partial charge in [0.25, 0.3) is 10.1 Å². The van der Waals surface area contributed by atoms with E-state index < -0.39 is 20.9 Å². The summed E-state index contributed by atoms with van der Waals surface area (Å²) in [6, 6.07) is 0.111. The minimum atomic E-state index is -4.28. The summed E-state index contributed by atoms with van der Waals surface area (Å²) in [6.45, 7) is 6.59. The molecule has 1 N–H and O–H groups in total. The molecule has 3 rings (SSSR count). The molecular formula is C14H23NO4S. The molecule has 0 radical (unpaired) electrons. The first-order valence-corrected chi connectivity index (χ1v) is 8.88. The summed E-state index contributed by atoms with van der Waals surface area (Å²) in [5.74, 6) is 0.274. The van der Waals surface area contributed by atoms with Crippen LogP contribution >= 0.6 is 0 Å². The van der Waals surface area contributed by atoms with Crippen LogP contribution in [-0.4, -0.2) is 41.6 Å². The Kier molecular flexibility index (Phi) is 2.93. The average Bonchev–Trinajstić information content (AvgIpc) is 2.66. The Hall–Kier alpha value is -0.460. The number of likely N-dealkylation sites (tertiary alicyclic amines) is 1. The molecule has 0 aromatic carbocycles. The zero-order valence-electron chi connectivity index (χ0n) is 12.3. The van der Waals surface area contributed by atoms with Gasteiger partial charge in [-0.3, -0.25) is 14.2 Å². The predicted molar refractivity (Wildman–Crippen MR) is 74.7 cm³/mol. The van der Waals surface area contributed by atoms with E-state index in [4.69, 9.17) is 0 Å². The van der Waals surface area contributed by atoms with E-state index in [-0.39, 0.29) is 23.2 Å². The molecule has 1 aliphatic heterocycles. The van der Waals surface area contributed by atoms with Crippen molar-refractivity contribution in [2.24, 2.45) is 16.7 Å². The molecule has 3 aliphatic rings. The lowest BCUT2D eigenvalue weighted by molar-refractivity contribution is -0.134. The monoisotopic (exact) mass is 301 g/mol.